The van der Waals surface area contributed by atoms with Crippen molar-refractivity contribution in [2.75, 3.05) is 6.54 Å². The van der Waals surface area contributed by atoms with Crippen LogP contribution >= 0.6 is 22.6 Å². The fraction of sp³-hybridized carbons (Fsp3) is 0.533. The van der Waals surface area contributed by atoms with Crippen LogP contribution in [0.25, 0.3) is 0 Å². The van der Waals surface area contributed by atoms with E-state index in [1.807, 2.05) is 25.1 Å². The van der Waals surface area contributed by atoms with Crippen LogP contribution in [-0.2, 0) is 0 Å². The second-order valence-electron chi connectivity index (χ2n) is 5.76. The molecule has 2 aliphatic rings. The van der Waals surface area contributed by atoms with Gasteiger partial charge in [0.15, 0.2) is 0 Å². The summed E-state index contributed by atoms with van der Waals surface area (Å²) in [6, 6.07) is 5.92. The van der Waals surface area contributed by atoms with Crippen molar-refractivity contribution in [3.63, 3.8) is 0 Å². The van der Waals surface area contributed by atoms with Gasteiger partial charge in [0, 0.05) is 10.1 Å². The topological polar surface area (TPSA) is 29.1 Å². The van der Waals surface area contributed by atoms with Crippen molar-refractivity contribution in [3.05, 3.63) is 32.9 Å². The van der Waals surface area contributed by atoms with Crippen LogP contribution in [0.1, 0.15) is 41.6 Å². The minimum absolute atomic E-state index is 0.0926. The molecule has 1 aromatic rings. The first-order valence-electron chi connectivity index (χ1n) is 6.66. The van der Waals surface area contributed by atoms with Crippen LogP contribution in [0.3, 0.4) is 0 Å². The monoisotopic (exact) mass is 355 g/mol. The van der Waals surface area contributed by atoms with Crippen molar-refractivity contribution in [3.8, 4) is 0 Å². The van der Waals surface area contributed by atoms with Crippen LogP contribution in [0.15, 0.2) is 18.2 Å². The molecule has 1 N–H and O–H groups in total. The lowest BCUT2D eigenvalue weighted by Gasteiger charge is -2.15. The van der Waals surface area contributed by atoms with E-state index in [1.165, 1.54) is 31.2 Å². The van der Waals surface area contributed by atoms with Crippen LogP contribution < -0.4 is 5.32 Å². The predicted molar refractivity (Wildman–Crippen MR) is 80.6 cm³/mol. The van der Waals surface area contributed by atoms with Gasteiger partial charge in [-0.05, 0) is 78.2 Å². The molecule has 1 amide bonds. The van der Waals surface area contributed by atoms with E-state index in [-0.39, 0.29) is 5.91 Å². The van der Waals surface area contributed by atoms with Crippen LogP contribution in [-0.4, -0.2) is 12.5 Å². The molecular weight excluding hydrogens is 337 g/mol. The first kappa shape index (κ1) is 12.5. The number of benzene rings is 1. The summed E-state index contributed by atoms with van der Waals surface area (Å²) < 4.78 is 1.07. The highest BCUT2D eigenvalue weighted by Crippen LogP contribution is 2.60. The Morgan fingerprint density at radius 3 is 2.78 bits per heavy atom. The van der Waals surface area contributed by atoms with Crippen molar-refractivity contribution in [2.24, 2.45) is 11.3 Å². The van der Waals surface area contributed by atoms with Gasteiger partial charge in [-0.1, -0.05) is 12.1 Å². The average Bonchev–Trinajstić information content (AvgIpc) is 3.22. The number of amides is 1. The predicted octanol–water partition coefficient (Wildman–Crippen LogP) is 3.52. The minimum Gasteiger partial charge on any atom is -0.351 e. The molecule has 2 fully saturated rings. The average molecular weight is 355 g/mol. The lowest BCUT2D eigenvalue weighted by atomic mass is 10.0. The van der Waals surface area contributed by atoms with Gasteiger partial charge in [0.05, 0.1) is 5.56 Å². The number of hydrogen-bond donors (Lipinski definition) is 1. The van der Waals surface area contributed by atoms with Gasteiger partial charge < -0.3 is 5.32 Å². The molecule has 2 nitrogen and oxygen atoms in total. The van der Waals surface area contributed by atoms with Crippen molar-refractivity contribution in [2.45, 2.75) is 32.6 Å². The number of rotatable bonds is 4. The van der Waals surface area contributed by atoms with E-state index in [2.05, 4.69) is 27.9 Å². The Labute approximate surface area is 122 Å². The molecule has 0 aliphatic heterocycles. The molecule has 18 heavy (non-hydrogen) atoms. The number of hydrogen-bond acceptors (Lipinski definition) is 1. The zero-order valence-electron chi connectivity index (χ0n) is 10.6. The van der Waals surface area contributed by atoms with Gasteiger partial charge in [-0.25, -0.2) is 0 Å². The largest absolute Gasteiger partial charge is 0.351 e. The Bertz CT molecular complexity index is 489. The molecule has 1 aromatic carbocycles. The van der Waals surface area contributed by atoms with Gasteiger partial charge >= 0.3 is 0 Å². The molecule has 0 bridgehead atoms. The Morgan fingerprint density at radius 2 is 2.17 bits per heavy atom. The molecule has 0 aromatic heterocycles. The summed E-state index contributed by atoms with van der Waals surface area (Å²) in [7, 11) is 0. The number of nitrogens with one attached hydrogen (secondary N) is 1. The van der Waals surface area contributed by atoms with Crippen LogP contribution in [0.2, 0.25) is 0 Å². The summed E-state index contributed by atoms with van der Waals surface area (Å²) >= 11 is 2.26. The van der Waals surface area contributed by atoms with Crippen LogP contribution in [0.4, 0.5) is 0 Å². The highest BCUT2D eigenvalue weighted by atomic mass is 127. The quantitative estimate of drug-likeness (QED) is 0.823. The first-order chi connectivity index (χ1) is 8.62. The zero-order chi connectivity index (χ0) is 12.8. The Kier molecular flexibility index (Phi) is 3.12. The van der Waals surface area contributed by atoms with E-state index in [9.17, 15) is 4.79 Å². The molecular formula is C15H18INO. The van der Waals surface area contributed by atoms with Crippen molar-refractivity contribution >= 4 is 28.5 Å². The maximum atomic E-state index is 12.2. The van der Waals surface area contributed by atoms with Crippen molar-refractivity contribution in [1.29, 1.82) is 0 Å². The summed E-state index contributed by atoms with van der Waals surface area (Å²) in [5.74, 6) is 0.990. The molecule has 0 atom stereocenters. The molecule has 0 unspecified atom stereocenters. The van der Waals surface area contributed by atoms with Crippen molar-refractivity contribution < 1.29 is 4.79 Å². The zero-order valence-corrected chi connectivity index (χ0v) is 12.8. The fourth-order valence-electron chi connectivity index (χ4n) is 2.76. The van der Waals surface area contributed by atoms with Gasteiger partial charge in [0.2, 0.25) is 0 Å². The van der Waals surface area contributed by atoms with E-state index in [4.69, 9.17) is 0 Å². The van der Waals surface area contributed by atoms with Crippen LogP contribution in [0, 0.1) is 21.8 Å². The highest BCUT2D eigenvalue weighted by molar-refractivity contribution is 14.1. The van der Waals surface area contributed by atoms with E-state index in [0.29, 0.717) is 5.41 Å². The maximum Gasteiger partial charge on any atom is 0.252 e. The summed E-state index contributed by atoms with van der Waals surface area (Å²) in [6.45, 7) is 2.92. The lowest BCUT2D eigenvalue weighted by molar-refractivity contribution is 0.0941. The fourth-order valence-corrected chi connectivity index (χ4v) is 3.36. The molecule has 0 saturated heterocycles. The molecule has 3 rings (SSSR count). The standard InChI is InChI=1S/C15H18INO/c1-10-3-2-4-12(13(10)16)14(18)17-9-15(7-8-15)11-5-6-11/h2-4,11H,5-9H2,1H3,(H,17,18). The lowest BCUT2D eigenvalue weighted by Crippen LogP contribution is -2.31. The molecule has 0 spiro atoms. The van der Waals surface area contributed by atoms with Gasteiger partial charge in [-0.2, -0.15) is 0 Å². The number of aryl methyl sites for hydroxylation is 1. The summed E-state index contributed by atoms with van der Waals surface area (Å²) in [6.07, 6.45) is 5.36. The second kappa shape index (κ2) is 4.51. The van der Waals surface area contributed by atoms with Crippen molar-refractivity contribution in [1.82, 2.24) is 5.32 Å². The van der Waals surface area contributed by atoms with E-state index in [1.54, 1.807) is 0 Å². The SMILES string of the molecule is Cc1cccc(C(=O)NCC2(C3CC3)CC2)c1I. The number of halogens is 1. The molecule has 96 valence electrons. The summed E-state index contributed by atoms with van der Waals surface area (Å²) in [5.41, 5.74) is 2.47. The third-order valence-electron chi connectivity index (χ3n) is 4.37. The van der Waals surface area contributed by atoms with Gasteiger partial charge in [-0.15, -0.1) is 0 Å². The maximum absolute atomic E-state index is 12.2. The van der Waals surface area contributed by atoms with Gasteiger partial charge in [-0.3, -0.25) is 4.79 Å². The highest BCUT2D eigenvalue weighted by Gasteiger charge is 2.53. The van der Waals surface area contributed by atoms with Gasteiger partial charge in [0.25, 0.3) is 5.91 Å². The molecule has 2 saturated carbocycles. The number of carbonyl (C=O) groups is 1. The molecule has 2 aliphatic carbocycles. The van der Waals surface area contributed by atoms with Crippen LogP contribution in [0.5, 0.6) is 0 Å². The third-order valence-corrected chi connectivity index (χ3v) is 5.80. The molecule has 0 heterocycles. The Balaban J connectivity index is 1.66. The van der Waals surface area contributed by atoms with E-state index >= 15 is 0 Å². The Hall–Kier alpha value is -0.580. The smallest absolute Gasteiger partial charge is 0.252 e. The normalized spacial score (nSPS) is 20.6. The number of carbonyl (C=O) groups excluding carboxylic acids is 1. The second-order valence-corrected chi connectivity index (χ2v) is 6.83. The summed E-state index contributed by atoms with van der Waals surface area (Å²) in [5, 5.41) is 3.15. The minimum atomic E-state index is 0.0926. The third kappa shape index (κ3) is 2.29. The molecule has 0 radical (unpaired) electrons. The molecule has 3 heteroatoms. The van der Waals surface area contributed by atoms with E-state index in [0.717, 1.165) is 21.6 Å². The summed E-state index contributed by atoms with van der Waals surface area (Å²) in [4.78, 5) is 12.2. The first-order valence-corrected chi connectivity index (χ1v) is 7.74. The van der Waals surface area contributed by atoms with E-state index < -0.39 is 0 Å². The Morgan fingerprint density at radius 1 is 1.44 bits per heavy atom. The van der Waals surface area contributed by atoms with Gasteiger partial charge in [0.1, 0.15) is 0 Å².